The third kappa shape index (κ3) is 2.96. The largest absolute Gasteiger partial charge is 0.361 e. The van der Waals surface area contributed by atoms with Crippen LogP contribution in [0.5, 0.6) is 0 Å². The van der Waals surface area contributed by atoms with Gasteiger partial charge in [-0.3, -0.25) is 10.1 Å². The van der Waals surface area contributed by atoms with Gasteiger partial charge in [-0.2, -0.15) is 0 Å². The minimum atomic E-state index is -3.03. The van der Waals surface area contributed by atoms with Crippen molar-refractivity contribution in [1.82, 2.24) is 4.98 Å². The standard InChI is InChI=1S/C9H10BrN3O4S/c10-6-3-8(13(14)15)9(11-4-6)12-7-1-2-18(16,17)5-7/h3-4,7H,1-2,5H2,(H,11,12). The average Bonchev–Trinajstić information content (AvgIpc) is 2.60. The molecule has 2 rings (SSSR count). The summed E-state index contributed by atoms with van der Waals surface area (Å²) >= 11 is 3.10. The summed E-state index contributed by atoms with van der Waals surface area (Å²) < 4.78 is 23.1. The lowest BCUT2D eigenvalue weighted by Crippen LogP contribution is -2.21. The Bertz CT molecular complexity index is 589. The van der Waals surface area contributed by atoms with Gasteiger partial charge < -0.3 is 5.32 Å². The topological polar surface area (TPSA) is 102 Å². The molecule has 1 aliphatic heterocycles. The SMILES string of the molecule is O=[N+]([O-])c1cc(Br)cnc1NC1CCS(=O)(=O)C1. The predicted molar refractivity (Wildman–Crippen MR) is 69.3 cm³/mol. The first-order valence-electron chi connectivity index (χ1n) is 5.14. The normalized spacial score (nSPS) is 21.7. The van der Waals surface area contributed by atoms with Crippen molar-refractivity contribution >= 4 is 37.3 Å². The van der Waals surface area contributed by atoms with Gasteiger partial charge in [0.25, 0.3) is 0 Å². The molecular weight excluding hydrogens is 326 g/mol. The summed E-state index contributed by atoms with van der Waals surface area (Å²) in [4.78, 5) is 14.2. The predicted octanol–water partition coefficient (Wildman–Crippen LogP) is 1.35. The van der Waals surface area contributed by atoms with Crippen LogP contribution in [0.25, 0.3) is 0 Å². The zero-order valence-corrected chi connectivity index (χ0v) is 11.6. The zero-order valence-electron chi connectivity index (χ0n) is 9.17. The van der Waals surface area contributed by atoms with E-state index in [1.165, 1.54) is 12.3 Å². The molecule has 7 nitrogen and oxygen atoms in total. The highest BCUT2D eigenvalue weighted by molar-refractivity contribution is 9.10. The van der Waals surface area contributed by atoms with E-state index in [-0.39, 0.29) is 29.1 Å². The second-order valence-electron chi connectivity index (χ2n) is 4.02. The van der Waals surface area contributed by atoms with E-state index in [4.69, 9.17) is 0 Å². The van der Waals surface area contributed by atoms with E-state index < -0.39 is 14.8 Å². The van der Waals surface area contributed by atoms with Crippen molar-refractivity contribution in [3.05, 3.63) is 26.9 Å². The first kappa shape index (κ1) is 13.2. The van der Waals surface area contributed by atoms with Gasteiger partial charge in [-0.25, -0.2) is 13.4 Å². The molecule has 1 N–H and O–H groups in total. The monoisotopic (exact) mass is 335 g/mol. The van der Waals surface area contributed by atoms with Crippen molar-refractivity contribution in [2.45, 2.75) is 12.5 Å². The molecule has 98 valence electrons. The fourth-order valence-electron chi connectivity index (χ4n) is 1.78. The summed E-state index contributed by atoms with van der Waals surface area (Å²) in [7, 11) is -3.03. The number of anilines is 1. The number of nitrogens with one attached hydrogen (secondary N) is 1. The Hall–Kier alpha value is -1.22. The maximum Gasteiger partial charge on any atom is 0.312 e. The number of nitrogens with zero attached hydrogens (tertiary/aromatic N) is 2. The van der Waals surface area contributed by atoms with E-state index in [0.29, 0.717) is 10.9 Å². The molecule has 1 aromatic rings. The molecule has 0 bridgehead atoms. The van der Waals surface area contributed by atoms with Crippen LogP contribution >= 0.6 is 15.9 Å². The molecule has 1 aromatic heterocycles. The molecule has 0 spiro atoms. The molecule has 1 unspecified atom stereocenters. The Morgan fingerprint density at radius 1 is 1.56 bits per heavy atom. The summed E-state index contributed by atoms with van der Waals surface area (Å²) in [6, 6.07) is 1.01. The third-order valence-electron chi connectivity index (χ3n) is 2.60. The van der Waals surface area contributed by atoms with E-state index in [0.717, 1.165) is 0 Å². The lowest BCUT2D eigenvalue weighted by molar-refractivity contribution is -0.384. The number of nitro groups is 1. The van der Waals surface area contributed by atoms with Crippen LogP contribution in [0, 0.1) is 10.1 Å². The van der Waals surface area contributed by atoms with Gasteiger partial charge in [0.05, 0.1) is 16.4 Å². The van der Waals surface area contributed by atoms with Crippen LogP contribution in [0.2, 0.25) is 0 Å². The number of halogens is 1. The van der Waals surface area contributed by atoms with Gasteiger partial charge in [0.2, 0.25) is 5.82 Å². The summed E-state index contributed by atoms with van der Waals surface area (Å²) in [5.74, 6) is 0.196. The fourth-order valence-corrected chi connectivity index (χ4v) is 3.77. The van der Waals surface area contributed by atoms with E-state index in [1.807, 2.05) is 0 Å². The van der Waals surface area contributed by atoms with Crippen LogP contribution in [-0.4, -0.2) is 35.9 Å². The summed E-state index contributed by atoms with van der Waals surface area (Å²) in [5, 5.41) is 13.7. The van der Waals surface area contributed by atoms with Crippen LogP contribution < -0.4 is 5.32 Å². The third-order valence-corrected chi connectivity index (χ3v) is 4.81. The van der Waals surface area contributed by atoms with Gasteiger partial charge in [0.15, 0.2) is 9.84 Å². The van der Waals surface area contributed by atoms with Gasteiger partial charge >= 0.3 is 5.69 Å². The van der Waals surface area contributed by atoms with E-state index >= 15 is 0 Å². The highest BCUT2D eigenvalue weighted by Crippen LogP contribution is 2.27. The number of hydrogen-bond acceptors (Lipinski definition) is 6. The maximum absolute atomic E-state index is 11.3. The van der Waals surface area contributed by atoms with Crippen molar-refractivity contribution in [3.63, 3.8) is 0 Å². The van der Waals surface area contributed by atoms with Crippen molar-refractivity contribution in [2.24, 2.45) is 0 Å². The van der Waals surface area contributed by atoms with Gasteiger partial charge in [-0.1, -0.05) is 0 Å². The number of aromatic nitrogens is 1. The van der Waals surface area contributed by atoms with Crippen molar-refractivity contribution in [2.75, 3.05) is 16.8 Å². The van der Waals surface area contributed by atoms with Gasteiger partial charge in [0.1, 0.15) is 0 Å². The Balaban J connectivity index is 2.22. The van der Waals surface area contributed by atoms with Crippen LogP contribution in [0.3, 0.4) is 0 Å². The van der Waals surface area contributed by atoms with Crippen LogP contribution in [0.15, 0.2) is 16.7 Å². The second kappa shape index (κ2) is 4.81. The van der Waals surface area contributed by atoms with E-state index in [1.54, 1.807) is 0 Å². The molecule has 0 saturated carbocycles. The minimum absolute atomic E-state index is 0.0120. The summed E-state index contributed by atoms with van der Waals surface area (Å²) in [6.45, 7) is 0. The van der Waals surface area contributed by atoms with Crippen molar-refractivity contribution < 1.29 is 13.3 Å². The van der Waals surface area contributed by atoms with E-state index in [9.17, 15) is 18.5 Å². The van der Waals surface area contributed by atoms with Crippen LogP contribution in [0.4, 0.5) is 11.5 Å². The van der Waals surface area contributed by atoms with Crippen LogP contribution in [0.1, 0.15) is 6.42 Å². The molecule has 0 aromatic carbocycles. The Kier molecular flexibility index (Phi) is 3.53. The molecule has 0 aliphatic carbocycles. The molecular formula is C9H10BrN3O4S. The lowest BCUT2D eigenvalue weighted by Gasteiger charge is -2.11. The quantitative estimate of drug-likeness (QED) is 0.660. The second-order valence-corrected chi connectivity index (χ2v) is 7.17. The zero-order chi connectivity index (χ0) is 13.3. The maximum atomic E-state index is 11.3. The molecule has 1 atom stereocenters. The number of pyridine rings is 1. The smallest absolute Gasteiger partial charge is 0.312 e. The summed E-state index contributed by atoms with van der Waals surface area (Å²) in [6.07, 6.45) is 1.87. The summed E-state index contributed by atoms with van der Waals surface area (Å²) in [5.41, 5.74) is -0.173. The molecule has 2 heterocycles. The highest BCUT2D eigenvalue weighted by Gasteiger charge is 2.29. The highest BCUT2D eigenvalue weighted by atomic mass is 79.9. The lowest BCUT2D eigenvalue weighted by atomic mass is 10.2. The molecule has 1 aliphatic rings. The average molecular weight is 336 g/mol. The molecule has 0 amide bonds. The van der Waals surface area contributed by atoms with Crippen molar-refractivity contribution in [3.8, 4) is 0 Å². The van der Waals surface area contributed by atoms with Crippen molar-refractivity contribution in [1.29, 1.82) is 0 Å². The Morgan fingerprint density at radius 2 is 2.28 bits per heavy atom. The first-order chi connectivity index (χ1) is 8.37. The van der Waals surface area contributed by atoms with Gasteiger partial charge in [-0.15, -0.1) is 0 Å². The Labute approximate surface area is 112 Å². The Morgan fingerprint density at radius 3 is 2.83 bits per heavy atom. The molecule has 1 fully saturated rings. The fraction of sp³-hybridized carbons (Fsp3) is 0.444. The number of hydrogen-bond donors (Lipinski definition) is 1. The van der Waals surface area contributed by atoms with E-state index in [2.05, 4.69) is 26.2 Å². The molecule has 0 radical (unpaired) electrons. The minimum Gasteiger partial charge on any atom is -0.361 e. The number of rotatable bonds is 3. The first-order valence-corrected chi connectivity index (χ1v) is 7.76. The molecule has 18 heavy (non-hydrogen) atoms. The van der Waals surface area contributed by atoms with Gasteiger partial charge in [0, 0.05) is 22.8 Å². The molecule has 9 heteroatoms. The molecule has 1 saturated heterocycles. The van der Waals surface area contributed by atoms with Crippen LogP contribution in [-0.2, 0) is 9.84 Å². The van der Waals surface area contributed by atoms with Gasteiger partial charge in [-0.05, 0) is 22.4 Å². The number of sulfone groups is 1.